The van der Waals surface area contributed by atoms with Gasteiger partial charge in [-0.3, -0.25) is 14.7 Å². The van der Waals surface area contributed by atoms with Crippen molar-refractivity contribution in [3.8, 4) is 0 Å². The van der Waals surface area contributed by atoms with E-state index < -0.39 is 0 Å². The summed E-state index contributed by atoms with van der Waals surface area (Å²) in [4.78, 5) is 20.4. The highest BCUT2D eigenvalue weighted by atomic mass is 16.5. The molecule has 0 radical (unpaired) electrons. The Morgan fingerprint density at radius 2 is 2.41 bits per heavy atom. The van der Waals surface area contributed by atoms with E-state index in [4.69, 9.17) is 4.74 Å². The molecule has 1 spiro atoms. The average molecular weight is 303 g/mol. The second-order valence-corrected chi connectivity index (χ2v) is 6.91. The van der Waals surface area contributed by atoms with Crippen LogP contribution in [0.2, 0.25) is 0 Å². The minimum Gasteiger partial charge on any atom is -0.368 e. The summed E-state index contributed by atoms with van der Waals surface area (Å²) in [5.41, 5.74) is 1.40. The number of likely N-dealkylation sites (N-methyl/N-ethyl adjacent to an activating group) is 1. The zero-order valence-corrected chi connectivity index (χ0v) is 13.5. The summed E-state index contributed by atoms with van der Waals surface area (Å²) >= 11 is 0. The number of piperidine rings is 1. The molecular weight excluding hydrogens is 278 g/mol. The van der Waals surface area contributed by atoms with Crippen molar-refractivity contribution < 1.29 is 9.53 Å². The summed E-state index contributed by atoms with van der Waals surface area (Å²) in [7, 11) is 3.60. The van der Waals surface area contributed by atoms with Crippen molar-refractivity contribution in [2.24, 2.45) is 5.41 Å². The zero-order valence-electron chi connectivity index (χ0n) is 13.5. The maximum Gasteiger partial charge on any atom is 0.251 e. The van der Waals surface area contributed by atoms with E-state index in [1.54, 1.807) is 19.0 Å². The number of ether oxygens (including phenoxy) is 1. The van der Waals surface area contributed by atoms with Crippen molar-refractivity contribution in [3.63, 3.8) is 0 Å². The van der Waals surface area contributed by atoms with E-state index in [9.17, 15) is 4.79 Å². The van der Waals surface area contributed by atoms with Crippen molar-refractivity contribution in [1.29, 1.82) is 0 Å². The first kappa shape index (κ1) is 15.4. The normalized spacial score (nSPS) is 28.9. The average Bonchev–Trinajstić information content (AvgIpc) is 2.91. The molecule has 1 aromatic rings. The molecular formula is C17H25N3O2. The summed E-state index contributed by atoms with van der Waals surface area (Å²) in [6.07, 6.45) is 6.68. The Hall–Kier alpha value is -1.46. The fraction of sp³-hybridized carbons (Fsp3) is 0.647. The van der Waals surface area contributed by atoms with E-state index in [1.807, 2.05) is 18.5 Å². The topological polar surface area (TPSA) is 45.7 Å². The van der Waals surface area contributed by atoms with E-state index in [1.165, 1.54) is 12.0 Å². The maximum absolute atomic E-state index is 12.1. The number of amides is 1. The largest absolute Gasteiger partial charge is 0.368 e. The highest BCUT2D eigenvalue weighted by Gasteiger charge is 2.45. The first-order valence-electron chi connectivity index (χ1n) is 8.02. The molecule has 5 nitrogen and oxygen atoms in total. The molecule has 0 aromatic carbocycles. The van der Waals surface area contributed by atoms with Gasteiger partial charge < -0.3 is 9.64 Å². The molecule has 120 valence electrons. The van der Waals surface area contributed by atoms with E-state index in [0.29, 0.717) is 6.61 Å². The van der Waals surface area contributed by atoms with Crippen molar-refractivity contribution in [1.82, 2.24) is 14.8 Å². The summed E-state index contributed by atoms with van der Waals surface area (Å²) in [6, 6.07) is 4.11. The van der Waals surface area contributed by atoms with Gasteiger partial charge in [-0.25, -0.2) is 0 Å². The number of likely N-dealkylation sites (tertiary alicyclic amines) is 1. The molecule has 2 fully saturated rings. The molecule has 0 N–H and O–H groups in total. The number of pyridine rings is 1. The molecule has 0 aliphatic carbocycles. The Bertz CT molecular complexity index is 520. The number of hydrogen-bond donors (Lipinski definition) is 0. The van der Waals surface area contributed by atoms with Crippen molar-refractivity contribution in [2.75, 3.05) is 33.8 Å². The SMILES string of the molecule is CN(C)C(=O)[C@H]1C[C@@]2(CCCN(Cc3cccnc3)C2)CO1. The van der Waals surface area contributed by atoms with Crippen LogP contribution < -0.4 is 0 Å². The highest BCUT2D eigenvalue weighted by Crippen LogP contribution is 2.41. The molecule has 0 unspecified atom stereocenters. The lowest BCUT2D eigenvalue weighted by Gasteiger charge is -2.39. The summed E-state index contributed by atoms with van der Waals surface area (Å²) < 4.78 is 5.84. The van der Waals surface area contributed by atoms with Crippen LogP contribution in [0, 0.1) is 5.41 Å². The molecule has 5 heteroatoms. The third-order valence-corrected chi connectivity index (χ3v) is 4.79. The standard InChI is InChI=1S/C17H25N3O2/c1-19(2)16(21)15-9-17(13-22-15)6-4-8-20(12-17)11-14-5-3-7-18-10-14/h3,5,7,10,15H,4,6,8-9,11-13H2,1-2H3/t15-,17-/m1/s1. The van der Waals surface area contributed by atoms with Gasteiger partial charge in [0.05, 0.1) is 6.61 Å². The van der Waals surface area contributed by atoms with Crippen LogP contribution in [0.1, 0.15) is 24.8 Å². The number of aromatic nitrogens is 1. The third-order valence-electron chi connectivity index (χ3n) is 4.79. The Balaban J connectivity index is 1.62. The molecule has 1 aromatic heterocycles. The van der Waals surface area contributed by atoms with Crippen LogP contribution in [0.25, 0.3) is 0 Å². The van der Waals surface area contributed by atoms with Gasteiger partial charge >= 0.3 is 0 Å². The van der Waals surface area contributed by atoms with Crippen molar-refractivity contribution in [3.05, 3.63) is 30.1 Å². The summed E-state index contributed by atoms with van der Waals surface area (Å²) in [6.45, 7) is 3.77. The fourth-order valence-corrected chi connectivity index (χ4v) is 3.71. The van der Waals surface area contributed by atoms with Gasteiger partial charge in [0.15, 0.2) is 0 Å². The van der Waals surface area contributed by atoms with E-state index in [0.717, 1.165) is 32.5 Å². The Kier molecular flexibility index (Phi) is 4.45. The van der Waals surface area contributed by atoms with Gasteiger partial charge in [0, 0.05) is 45.0 Å². The van der Waals surface area contributed by atoms with Crippen LogP contribution >= 0.6 is 0 Å². The molecule has 3 heterocycles. The zero-order chi connectivity index (χ0) is 15.6. The molecule has 2 saturated heterocycles. The molecule has 0 saturated carbocycles. The van der Waals surface area contributed by atoms with Gasteiger partial charge in [0.1, 0.15) is 6.10 Å². The van der Waals surface area contributed by atoms with Gasteiger partial charge in [-0.05, 0) is 37.4 Å². The Labute approximate surface area is 132 Å². The second kappa shape index (κ2) is 6.34. The number of carbonyl (C=O) groups is 1. The molecule has 22 heavy (non-hydrogen) atoms. The lowest BCUT2D eigenvalue weighted by molar-refractivity contribution is -0.138. The number of carbonyl (C=O) groups excluding carboxylic acids is 1. The van der Waals surface area contributed by atoms with Gasteiger partial charge in [-0.1, -0.05) is 6.07 Å². The van der Waals surface area contributed by atoms with Crippen LogP contribution in [-0.2, 0) is 16.1 Å². The van der Waals surface area contributed by atoms with Gasteiger partial charge in [0.25, 0.3) is 5.91 Å². The van der Waals surface area contributed by atoms with Gasteiger partial charge in [-0.15, -0.1) is 0 Å². The quantitative estimate of drug-likeness (QED) is 0.850. The van der Waals surface area contributed by atoms with E-state index in [2.05, 4.69) is 16.0 Å². The highest BCUT2D eigenvalue weighted by molar-refractivity contribution is 5.80. The Morgan fingerprint density at radius 3 is 3.14 bits per heavy atom. The predicted molar refractivity (Wildman–Crippen MR) is 84.2 cm³/mol. The van der Waals surface area contributed by atoms with E-state index in [-0.39, 0.29) is 17.4 Å². The van der Waals surface area contributed by atoms with Crippen LogP contribution in [0.15, 0.2) is 24.5 Å². The number of nitrogens with zero attached hydrogens (tertiary/aromatic N) is 3. The lowest BCUT2D eigenvalue weighted by Crippen LogP contribution is -2.44. The monoisotopic (exact) mass is 303 g/mol. The van der Waals surface area contributed by atoms with Crippen molar-refractivity contribution in [2.45, 2.75) is 31.9 Å². The molecule has 1 amide bonds. The minimum atomic E-state index is -0.256. The molecule has 2 aliphatic heterocycles. The van der Waals surface area contributed by atoms with Gasteiger partial charge in [0.2, 0.25) is 0 Å². The maximum atomic E-state index is 12.1. The van der Waals surface area contributed by atoms with Gasteiger partial charge in [-0.2, -0.15) is 0 Å². The molecule has 2 atom stereocenters. The first-order valence-corrected chi connectivity index (χ1v) is 8.02. The minimum absolute atomic E-state index is 0.0984. The van der Waals surface area contributed by atoms with E-state index >= 15 is 0 Å². The second-order valence-electron chi connectivity index (χ2n) is 6.91. The molecule has 2 aliphatic rings. The lowest BCUT2D eigenvalue weighted by atomic mass is 9.78. The summed E-state index contributed by atoms with van der Waals surface area (Å²) in [5, 5.41) is 0. The molecule has 3 rings (SSSR count). The molecule has 0 bridgehead atoms. The fourth-order valence-electron chi connectivity index (χ4n) is 3.71. The van der Waals surface area contributed by atoms with Crippen LogP contribution in [0.4, 0.5) is 0 Å². The van der Waals surface area contributed by atoms with Crippen LogP contribution in [0.3, 0.4) is 0 Å². The predicted octanol–water partition coefficient (Wildman–Crippen LogP) is 1.54. The number of rotatable bonds is 3. The van der Waals surface area contributed by atoms with Crippen LogP contribution in [-0.4, -0.2) is 60.6 Å². The van der Waals surface area contributed by atoms with Crippen molar-refractivity contribution >= 4 is 5.91 Å². The number of hydrogen-bond acceptors (Lipinski definition) is 4. The third kappa shape index (κ3) is 3.31. The Morgan fingerprint density at radius 1 is 1.55 bits per heavy atom. The summed E-state index contributed by atoms with van der Waals surface area (Å²) in [5.74, 6) is 0.0984. The smallest absolute Gasteiger partial charge is 0.251 e. The first-order chi connectivity index (χ1) is 10.6. The van der Waals surface area contributed by atoms with Crippen LogP contribution in [0.5, 0.6) is 0 Å².